The first-order valence-electron chi connectivity index (χ1n) is 11.9. The van der Waals surface area contributed by atoms with Crippen molar-refractivity contribution in [3.05, 3.63) is 51.7 Å². The van der Waals surface area contributed by atoms with Gasteiger partial charge in [-0.1, -0.05) is 26.0 Å². The van der Waals surface area contributed by atoms with Gasteiger partial charge in [0.1, 0.15) is 12.4 Å². The molecule has 2 aliphatic rings. The smallest absolute Gasteiger partial charge is 0.242 e. The summed E-state index contributed by atoms with van der Waals surface area (Å²) in [5, 5.41) is 2.09. The van der Waals surface area contributed by atoms with Gasteiger partial charge in [0.25, 0.3) is 0 Å². The lowest BCUT2D eigenvalue weighted by Gasteiger charge is -2.37. The Balaban J connectivity index is 1.45. The first-order valence-corrected chi connectivity index (χ1v) is 12.8. The molecule has 33 heavy (non-hydrogen) atoms. The second-order valence-corrected chi connectivity index (χ2v) is 10.2. The molecule has 178 valence electrons. The van der Waals surface area contributed by atoms with E-state index in [0.29, 0.717) is 25.6 Å². The van der Waals surface area contributed by atoms with Crippen LogP contribution < -0.4 is 4.74 Å². The number of nitrogens with zero attached hydrogens (tertiary/aromatic N) is 2. The molecule has 1 aromatic heterocycles. The lowest BCUT2D eigenvalue weighted by atomic mass is 10.00. The average molecular weight is 471 g/mol. The van der Waals surface area contributed by atoms with E-state index in [-0.39, 0.29) is 30.5 Å². The molecule has 6 nitrogen and oxygen atoms in total. The van der Waals surface area contributed by atoms with E-state index in [0.717, 1.165) is 37.2 Å². The SMILES string of the molecule is CC(=O)N(CC(=O)N1CCc2sccc2C1COc1ccc(C(C)C)cc1)CC1CCCO1. The third-order valence-electron chi connectivity index (χ3n) is 6.59. The molecule has 1 fully saturated rings. The van der Waals surface area contributed by atoms with Crippen LogP contribution in [0.5, 0.6) is 5.75 Å². The quantitative estimate of drug-likeness (QED) is 0.574. The van der Waals surface area contributed by atoms with Crippen molar-refractivity contribution in [1.29, 1.82) is 0 Å². The van der Waals surface area contributed by atoms with Crippen LogP contribution >= 0.6 is 11.3 Å². The van der Waals surface area contributed by atoms with Gasteiger partial charge in [0.05, 0.1) is 18.7 Å². The monoisotopic (exact) mass is 470 g/mol. The molecule has 0 N–H and O–H groups in total. The summed E-state index contributed by atoms with van der Waals surface area (Å²) >= 11 is 1.74. The highest BCUT2D eigenvalue weighted by Crippen LogP contribution is 2.34. The first-order chi connectivity index (χ1) is 15.9. The van der Waals surface area contributed by atoms with E-state index in [2.05, 4.69) is 37.4 Å². The summed E-state index contributed by atoms with van der Waals surface area (Å²) < 4.78 is 11.8. The highest BCUT2D eigenvalue weighted by atomic mass is 32.1. The molecule has 0 spiro atoms. The molecule has 1 saturated heterocycles. The summed E-state index contributed by atoms with van der Waals surface area (Å²) in [4.78, 5) is 30.5. The molecular formula is C26H34N2O4S. The third-order valence-corrected chi connectivity index (χ3v) is 7.59. The van der Waals surface area contributed by atoms with Gasteiger partial charge < -0.3 is 19.3 Å². The van der Waals surface area contributed by atoms with Gasteiger partial charge in [-0.3, -0.25) is 9.59 Å². The minimum atomic E-state index is -0.159. The van der Waals surface area contributed by atoms with Crippen LogP contribution in [0.3, 0.4) is 0 Å². The molecule has 2 aliphatic heterocycles. The lowest BCUT2D eigenvalue weighted by molar-refractivity contribution is -0.142. The predicted molar refractivity (Wildman–Crippen MR) is 130 cm³/mol. The van der Waals surface area contributed by atoms with Crippen LogP contribution in [-0.2, 0) is 20.7 Å². The first kappa shape index (κ1) is 23.8. The number of amides is 2. The number of carbonyl (C=O) groups is 2. The zero-order valence-electron chi connectivity index (χ0n) is 19.8. The standard InChI is InChI=1S/C26H34N2O4S/c1-18(2)20-6-8-21(9-7-20)32-17-24-23-11-14-33-25(23)10-12-28(24)26(30)16-27(19(3)29)15-22-5-4-13-31-22/h6-9,11,14,18,22,24H,4-5,10,12-13,15-17H2,1-3H3. The fourth-order valence-corrected chi connectivity index (χ4v) is 5.52. The van der Waals surface area contributed by atoms with Crippen LogP contribution in [0.1, 0.15) is 61.6 Å². The maximum Gasteiger partial charge on any atom is 0.242 e. The molecule has 2 unspecified atom stereocenters. The molecule has 2 amide bonds. The van der Waals surface area contributed by atoms with Crippen molar-refractivity contribution in [2.75, 3.05) is 32.8 Å². The Kier molecular flexibility index (Phi) is 7.71. The number of rotatable bonds is 8. The highest BCUT2D eigenvalue weighted by Gasteiger charge is 2.33. The molecule has 0 aliphatic carbocycles. The topological polar surface area (TPSA) is 59.1 Å². The number of thiophene rings is 1. The summed E-state index contributed by atoms with van der Waals surface area (Å²) in [6.07, 6.45) is 2.81. The third kappa shape index (κ3) is 5.76. The Labute approximate surface area is 200 Å². The minimum Gasteiger partial charge on any atom is -0.491 e. The molecule has 1 aromatic carbocycles. The maximum atomic E-state index is 13.4. The minimum absolute atomic E-state index is 0.0273. The van der Waals surface area contributed by atoms with Crippen molar-refractivity contribution in [2.45, 2.75) is 58.1 Å². The largest absolute Gasteiger partial charge is 0.491 e. The van der Waals surface area contributed by atoms with Crippen molar-refractivity contribution in [1.82, 2.24) is 9.80 Å². The number of benzene rings is 1. The van der Waals surface area contributed by atoms with Gasteiger partial charge in [0.15, 0.2) is 0 Å². The highest BCUT2D eigenvalue weighted by molar-refractivity contribution is 7.10. The molecule has 0 radical (unpaired) electrons. The van der Waals surface area contributed by atoms with Crippen LogP contribution in [0.2, 0.25) is 0 Å². The second kappa shape index (κ2) is 10.7. The summed E-state index contributed by atoms with van der Waals surface area (Å²) in [7, 11) is 0. The van der Waals surface area contributed by atoms with E-state index >= 15 is 0 Å². The van der Waals surface area contributed by atoms with E-state index in [1.807, 2.05) is 17.0 Å². The summed E-state index contributed by atoms with van der Waals surface area (Å²) in [5.41, 5.74) is 2.43. The zero-order valence-corrected chi connectivity index (χ0v) is 20.6. The fourth-order valence-electron chi connectivity index (χ4n) is 4.59. The molecular weight excluding hydrogens is 436 g/mol. The van der Waals surface area contributed by atoms with Gasteiger partial charge in [0.2, 0.25) is 11.8 Å². The molecule has 0 saturated carbocycles. The molecule has 7 heteroatoms. The Hall–Kier alpha value is -2.38. The van der Waals surface area contributed by atoms with Crippen LogP contribution in [-0.4, -0.2) is 60.6 Å². The van der Waals surface area contributed by atoms with E-state index in [1.54, 1.807) is 16.2 Å². The molecule has 3 heterocycles. The number of fused-ring (bicyclic) bond motifs is 1. The average Bonchev–Trinajstić information content (AvgIpc) is 3.49. The van der Waals surface area contributed by atoms with Gasteiger partial charge in [-0.05, 0) is 59.9 Å². The molecule has 4 rings (SSSR count). The number of hydrogen-bond acceptors (Lipinski definition) is 5. The van der Waals surface area contributed by atoms with E-state index < -0.39 is 0 Å². The Morgan fingerprint density at radius 1 is 1.24 bits per heavy atom. The Morgan fingerprint density at radius 2 is 2.03 bits per heavy atom. The van der Waals surface area contributed by atoms with Crippen molar-refractivity contribution in [2.24, 2.45) is 0 Å². The number of ether oxygens (including phenoxy) is 2. The zero-order chi connectivity index (χ0) is 23.4. The lowest BCUT2D eigenvalue weighted by Crippen LogP contribution is -2.48. The van der Waals surface area contributed by atoms with Crippen LogP contribution in [0, 0.1) is 0 Å². The molecule has 0 bridgehead atoms. The number of hydrogen-bond donors (Lipinski definition) is 0. The Bertz CT molecular complexity index is 949. The normalized spacial score (nSPS) is 20.1. The van der Waals surface area contributed by atoms with Gasteiger partial charge >= 0.3 is 0 Å². The second-order valence-electron chi connectivity index (χ2n) is 9.22. The van der Waals surface area contributed by atoms with Crippen molar-refractivity contribution >= 4 is 23.2 Å². The predicted octanol–water partition coefficient (Wildman–Crippen LogP) is 4.40. The van der Waals surface area contributed by atoms with Gasteiger partial charge in [-0.15, -0.1) is 11.3 Å². The molecule has 2 atom stereocenters. The van der Waals surface area contributed by atoms with Crippen molar-refractivity contribution in [3.63, 3.8) is 0 Å². The van der Waals surface area contributed by atoms with E-state index in [1.165, 1.54) is 17.4 Å². The van der Waals surface area contributed by atoms with Crippen LogP contribution in [0.4, 0.5) is 0 Å². The maximum absolute atomic E-state index is 13.4. The van der Waals surface area contributed by atoms with E-state index in [4.69, 9.17) is 9.47 Å². The van der Waals surface area contributed by atoms with E-state index in [9.17, 15) is 9.59 Å². The summed E-state index contributed by atoms with van der Waals surface area (Å²) in [6, 6.07) is 10.1. The molecule has 2 aromatic rings. The van der Waals surface area contributed by atoms with Crippen LogP contribution in [0.25, 0.3) is 0 Å². The summed E-state index contributed by atoms with van der Waals surface area (Å²) in [6.45, 7) is 8.17. The van der Waals surface area contributed by atoms with Crippen LogP contribution in [0.15, 0.2) is 35.7 Å². The van der Waals surface area contributed by atoms with Gasteiger partial charge in [-0.25, -0.2) is 0 Å². The fraction of sp³-hybridized carbons (Fsp3) is 0.538. The van der Waals surface area contributed by atoms with Crippen molar-refractivity contribution < 1.29 is 19.1 Å². The van der Waals surface area contributed by atoms with Gasteiger partial charge in [0, 0.05) is 31.5 Å². The Morgan fingerprint density at radius 3 is 2.70 bits per heavy atom. The van der Waals surface area contributed by atoms with Crippen molar-refractivity contribution in [3.8, 4) is 5.75 Å². The summed E-state index contributed by atoms with van der Waals surface area (Å²) in [5.74, 6) is 1.14. The van der Waals surface area contributed by atoms with Gasteiger partial charge in [-0.2, -0.15) is 0 Å². The number of carbonyl (C=O) groups excluding carboxylic acids is 2.